The fraction of sp³-hybridized carbons (Fsp3) is 0.833. The third-order valence-electron chi connectivity index (χ3n) is 3.80. The molecule has 1 saturated heterocycles. The molecule has 2 unspecified atom stereocenters. The number of nitrogens with two attached hydrogens (primary N) is 1. The number of piperidine rings is 1. The molecule has 0 radical (unpaired) electrons. The second-order valence-electron chi connectivity index (χ2n) is 6.03. The van der Waals surface area contributed by atoms with Gasteiger partial charge >= 0.3 is 12.1 Å². The quantitative estimate of drug-likeness (QED) is 0.806. The van der Waals surface area contributed by atoms with E-state index in [-0.39, 0.29) is 6.54 Å². The van der Waals surface area contributed by atoms with Crippen LogP contribution in [0.25, 0.3) is 0 Å². The number of carboxylic acids is 1. The number of aliphatic carboxylic acids is 1. The Morgan fingerprint density at radius 3 is 2.25 bits per heavy atom. The van der Waals surface area contributed by atoms with E-state index < -0.39 is 35.0 Å². The van der Waals surface area contributed by atoms with Crippen LogP contribution in [0.5, 0.6) is 0 Å². The third-order valence-corrected chi connectivity index (χ3v) is 3.80. The molecular weight excluding hydrogens is 277 g/mol. The Morgan fingerprint density at radius 1 is 1.35 bits per heavy atom. The number of carbonyl (C=O) groups is 2. The van der Waals surface area contributed by atoms with Crippen molar-refractivity contribution in [1.82, 2.24) is 4.90 Å². The first kappa shape index (κ1) is 16.7. The van der Waals surface area contributed by atoms with Gasteiger partial charge in [-0.2, -0.15) is 13.2 Å². The number of amides is 1. The first-order valence-electron chi connectivity index (χ1n) is 6.22. The molecule has 1 fully saturated rings. The Morgan fingerprint density at radius 2 is 1.85 bits per heavy atom. The Balaban J connectivity index is 3.16. The summed E-state index contributed by atoms with van der Waals surface area (Å²) in [5.41, 5.74) is 1.22. The minimum Gasteiger partial charge on any atom is -0.480 e. The van der Waals surface area contributed by atoms with Crippen LogP contribution in [0.4, 0.5) is 13.2 Å². The number of likely N-dealkylation sites (tertiary alicyclic amines) is 1. The van der Waals surface area contributed by atoms with Gasteiger partial charge in [0, 0.05) is 6.54 Å². The fourth-order valence-electron chi connectivity index (χ4n) is 2.50. The number of alkyl halides is 3. The second kappa shape index (κ2) is 4.91. The van der Waals surface area contributed by atoms with E-state index in [1.165, 1.54) is 0 Å². The molecule has 1 amide bonds. The van der Waals surface area contributed by atoms with E-state index >= 15 is 0 Å². The molecule has 3 N–H and O–H groups in total. The van der Waals surface area contributed by atoms with Crippen LogP contribution < -0.4 is 5.73 Å². The molecule has 0 aromatic carbocycles. The summed E-state index contributed by atoms with van der Waals surface area (Å²) in [7, 11) is 0. The monoisotopic (exact) mass is 296 g/mol. The van der Waals surface area contributed by atoms with Crippen molar-refractivity contribution in [2.24, 2.45) is 11.1 Å². The lowest BCUT2D eigenvalue weighted by atomic mass is 9.75. The van der Waals surface area contributed by atoms with Crippen LogP contribution in [-0.4, -0.2) is 46.2 Å². The van der Waals surface area contributed by atoms with Gasteiger partial charge in [-0.1, -0.05) is 13.8 Å². The summed E-state index contributed by atoms with van der Waals surface area (Å²) < 4.78 is 38.5. The minimum absolute atomic E-state index is 0.0396. The number of hydrogen-bond acceptors (Lipinski definition) is 3. The Bertz CT molecular complexity index is 419. The SMILES string of the molecule is CC1(C)CCCN(C(=O)C(C)(N)C(F)(F)F)C1C(=O)O. The van der Waals surface area contributed by atoms with Gasteiger partial charge in [0.1, 0.15) is 6.04 Å². The highest BCUT2D eigenvalue weighted by Gasteiger charge is 2.58. The largest absolute Gasteiger partial charge is 0.480 e. The Kier molecular flexibility index (Phi) is 4.11. The van der Waals surface area contributed by atoms with Crippen LogP contribution in [0, 0.1) is 5.41 Å². The minimum atomic E-state index is -4.94. The Labute approximate surface area is 114 Å². The number of rotatable bonds is 2. The summed E-state index contributed by atoms with van der Waals surface area (Å²) in [6.45, 7) is 3.76. The van der Waals surface area contributed by atoms with Crippen molar-refractivity contribution in [3.8, 4) is 0 Å². The van der Waals surface area contributed by atoms with Crippen molar-refractivity contribution in [2.75, 3.05) is 6.54 Å². The summed E-state index contributed by atoms with van der Waals surface area (Å²) >= 11 is 0. The topological polar surface area (TPSA) is 83.6 Å². The van der Waals surface area contributed by atoms with E-state index in [1.807, 2.05) is 0 Å². The maximum atomic E-state index is 12.8. The normalized spacial score (nSPS) is 25.9. The summed E-state index contributed by atoms with van der Waals surface area (Å²) in [4.78, 5) is 24.2. The van der Waals surface area contributed by atoms with Gasteiger partial charge in [0.15, 0.2) is 5.54 Å². The molecule has 2 atom stereocenters. The number of halogens is 3. The van der Waals surface area contributed by atoms with Crippen molar-refractivity contribution in [2.45, 2.75) is 51.4 Å². The molecule has 0 saturated carbocycles. The molecule has 0 aromatic heterocycles. The molecule has 0 aliphatic carbocycles. The molecule has 1 aliphatic rings. The van der Waals surface area contributed by atoms with E-state index in [1.54, 1.807) is 13.8 Å². The van der Waals surface area contributed by atoms with Crippen molar-refractivity contribution in [1.29, 1.82) is 0 Å². The highest BCUT2D eigenvalue weighted by atomic mass is 19.4. The van der Waals surface area contributed by atoms with Crippen LogP contribution in [0.15, 0.2) is 0 Å². The maximum absolute atomic E-state index is 12.8. The van der Waals surface area contributed by atoms with Gasteiger partial charge in [-0.3, -0.25) is 4.79 Å². The first-order valence-corrected chi connectivity index (χ1v) is 6.22. The molecule has 116 valence electrons. The first-order chi connectivity index (χ1) is 8.82. The molecular formula is C12H19F3N2O3. The number of hydrogen-bond donors (Lipinski definition) is 2. The predicted molar refractivity (Wildman–Crippen MR) is 64.8 cm³/mol. The molecule has 1 rings (SSSR count). The van der Waals surface area contributed by atoms with Gasteiger partial charge in [0.25, 0.3) is 5.91 Å². The molecule has 0 spiro atoms. The van der Waals surface area contributed by atoms with Gasteiger partial charge in [-0.05, 0) is 25.2 Å². The lowest BCUT2D eigenvalue weighted by Crippen LogP contribution is -2.67. The molecule has 0 aromatic rings. The van der Waals surface area contributed by atoms with Crippen molar-refractivity contribution < 1.29 is 27.9 Å². The summed E-state index contributed by atoms with van der Waals surface area (Å²) in [5, 5.41) is 9.25. The average Bonchev–Trinajstić information content (AvgIpc) is 2.23. The molecule has 5 nitrogen and oxygen atoms in total. The lowest BCUT2D eigenvalue weighted by molar-refractivity contribution is -0.199. The lowest BCUT2D eigenvalue weighted by Gasteiger charge is -2.46. The summed E-state index contributed by atoms with van der Waals surface area (Å²) in [5.74, 6) is -2.72. The zero-order chi connectivity index (χ0) is 15.9. The zero-order valence-corrected chi connectivity index (χ0v) is 11.6. The van der Waals surface area contributed by atoms with E-state index in [0.717, 1.165) is 4.90 Å². The van der Waals surface area contributed by atoms with Crippen molar-refractivity contribution in [3.63, 3.8) is 0 Å². The van der Waals surface area contributed by atoms with Crippen LogP contribution in [-0.2, 0) is 9.59 Å². The number of carboxylic acid groups (broad SMARTS) is 1. The fourth-order valence-corrected chi connectivity index (χ4v) is 2.50. The van der Waals surface area contributed by atoms with E-state index in [2.05, 4.69) is 0 Å². The van der Waals surface area contributed by atoms with Gasteiger partial charge in [0.05, 0.1) is 0 Å². The third kappa shape index (κ3) is 2.74. The van der Waals surface area contributed by atoms with Crippen LogP contribution in [0.1, 0.15) is 33.6 Å². The number of carbonyl (C=O) groups excluding carboxylic acids is 1. The Hall–Kier alpha value is -1.31. The second-order valence-corrected chi connectivity index (χ2v) is 6.03. The molecule has 1 heterocycles. The average molecular weight is 296 g/mol. The molecule has 1 aliphatic heterocycles. The van der Waals surface area contributed by atoms with E-state index in [0.29, 0.717) is 19.8 Å². The van der Waals surface area contributed by atoms with Crippen LogP contribution in [0.2, 0.25) is 0 Å². The molecule has 8 heteroatoms. The summed E-state index contributed by atoms with van der Waals surface area (Å²) in [6.07, 6.45) is -3.98. The van der Waals surface area contributed by atoms with Crippen molar-refractivity contribution >= 4 is 11.9 Å². The predicted octanol–water partition coefficient (Wildman–Crippen LogP) is 1.37. The van der Waals surface area contributed by atoms with Gasteiger partial charge in [-0.25, -0.2) is 4.79 Å². The molecule has 20 heavy (non-hydrogen) atoms. The van der Waals surface area contributed by atoms with Gasteiger partial charge in [0.2, 0.25) is 0 Å². The summed E-state index contributed by atoms with van der Waals surface area (Å²) in [6, 6.07) is -1.31. The smallest absolute Gasteiger partial charge is 0.415 e. The zero-order valence-electron chi connectivity index (χ0n) is 11.6. The van der Waals surface area contributed by atoms with E-state index in [4.69, 9.17) is 5.73 Å². The molecule has 0 bridgehead atoms. The number of nitrogens with zero attached hydrogens (tertiary/aromatic N) is 1. The standard InChI is InChI=1S/C12H19F3N2O3/c1-10(2)5-4-6-17(7(10)8(18)19)9(20)11(3,16)12(13,14)15/h7H,4-6,16H2,1-3H3,(H,18,19). The van der Waals surface area contributed by atoms with Crippen LogP contribution in [0.3, 0.4) is 0 Å². The van der Waals surface area contributed by atoms with Gasteiger partial charge < -0.3 is 15.7 Å². The van der Waals surface area contributed by atoms with Crippen molar-refractivity contribution in [3.05, 3.63) is 0 Å². The van der Waals surface area contributed by atoms with E-state index in [9.17, 15) is 27.9 Å². The highest BCUT2D eigenvalue weighted by Crippen LogP contribution is 2.38. The highest BCUT2D eigenvalue weighted by molar-refractivity contribution is 5.91. The maximum Gasteiger partial charge on any atom is 0.415 e. The van der Waals surface area contributed by atoms with Gasteiger partial charge in [-0.15, -0.1) is 0 Å². The van der Waals surface area contributed by atoms with Crippen LogP contribution >= 0.6 is 0 Å².